The average Bonchev–Trinajstić information content (AvgIpc) is 2.53. The lowest BCUT2D eigenvalue weighted by atomic mass is 10.0. The number of ether oxygens (including phenoxy) is 2. The van der Waals surface area contributed by atoms with Gasteiger partial charge in [0.2, 0.25) is 5.91 Å². The number of rotatable bonds is 6. The topological polar surface area (TPSA) is 47.6 Å². The molecular weight excluding hydrogens is 290 g/mol. The van der Waals surface area contributed by atoms with Gasteiger partial charge in [-0.25, -0.2) is 0 Å². The Bertz CT molecular complexity index is 695. The minimum Gasteiger partial charge on any atom is -0.497 e. The first-order valence-corrected chi connectivity index (χ1v) is 7.57. The second kappa shape index (κ2) is 7.68. The van der Waals surface area contributed by atoms with Crippen LogP contribution in [0, 0.1) is 13.8 Å². The maximum atomic E-state index is 12.2. The molecule has 23 heavy (non-hydrogen) atoms. The number of hydrogen-bond donors (Lipinski definition) is 1. The van der Waals surface area contributed by atoms with Crippen LogP contribution in [0.3, 0.4) is 0 Å². The van der Waals surface area contributed by atoms with Gasteiger partial charge in [0.15, 0.2) is 0 Å². The van der Waals surface area contributed by atoms with Gasteiger partial charge >= 0.3 is 0 Å². The first kappa shape index (κ1) is 16.9. The van der Waals surface area contributed by atoms with Gasteiger partial charge in [0.05, 0.1) is 20.6 Å². The van der Waals surface area contributed by atoms with Crippen LogP contribution in [0.2, 0.25) is 0 Å². The molecule has 0 atom stereocenters. The molecule has 0 aliphatic rings. The van der Waals surface area contributed by atoms with Crippen LogP contribution in [-0.4, -0.2) is 20.1 Å². The van der Waals surface area contributed by atoms with Crippen molar-refractivity contribution in [3.8, 4) is 11.5 Å². The normalized spacial score (nSPS) is 10.3. The van der Waals surface area contributed by atoms with E-state index in [0.29, 0.717) is 13.0 Å². The van der Waals surface area contributed by atoms with Crippen molar-refractivity contribution < 1.29 is 14.3 Å². The SMILES string of the molecule is COc1cccc(CC(=O)NCc2c(C)cc(C)cc2OC)c1. The van der Waals surface area contributed by atoms with Gasteiger partial charge in [-0.15, -0.1) is 0 Å². The van der Waals surface area contributed by atoms with Crippen molar-refractivity contribution in [2.24, 2.45) is 0 Å². The second-order valence-corrected chi connectivity index (χ2v) is 5.57. The van der Waals surface area contributed by atoms with Crippen LogP contribution in [-0.2, 0) is 17.8 Å². The van der Waals surface area contributed by atoms with Crippen molar-refractivity contribution in [1.82, 2.24) is 5.32 Å². The lowest BCUT2D eigenvalue weighted by Crippen LogP contribution is -2.25. The third-order valence-electron chi connectivity index (χ3n) is 3.76. The molecule has 0 aromatic heterocycles. The summed E-state index contributed by atoms with van der Waals surface area (Å²) >= 11 is 0. The van der Waals surface area contributed by atoms with Crippen molar-refractivity contribution in [3.63, 3.8) is 0 Å². The molecular formula is C19H23NO3. The van der Waals surface area contributed by atoms with Gasteiger partial charge in [0.1, 0.15) is 11.5 Å². The summed E-state index contributed by atoms with van der Waals surface area (Å²) in [6.45, 7) is 4.51. The Kier molecular flexibility index (Phi) is 5.63. The largest absolute Gasteiger partial charge is 0.497 e. The lowest BCUT2D eigenvalue weighted by molar-refractivity contribution is -0.120. The summed E-state index contributed by atoms with van der Waals surface area (Å²) in [7, 11) is 3.27. The van der Waals surface area contributed by atoms with Gasteiger partial charge in [-0.2, -0.15) is 0 Å². The molecule has 0 saturated carbocycles. The lowest BCUT2D eigenvalue weighted by Gasteiger charge is -2.14. The fourth-order valence-corrected chi connectivity index (χ4v) is 2.58. The van der Waals surface area contributed by atoms with E-state index in [-0.39, 0.29) is 5.91 Å². The van der Waals surface area contributed by atoms with E-state index in [2.05, 4.69) is 11.4 Å². The summed E-state index contributed by atoms with van der Waals surface area (Å²) in [5, 5.41) is 2.96. The number of carbonyl (C=O) groups is 1. The van der Waals surface area contributed by atoms with Gasteiger partial charge in [-0.1, -0.05) is 18.2 Å². The predicted molar refractivity (Wildman–Crippen MR) is 91.0 cm³/mol. The highest BCUT2D eigenvalue weighted by molar-refractivity contribution is 5.78. The number of aryl methyl sites for hydroxylation is 2. The monoisotopic (exact) mass is 313 g/mol. The number of carbonyl (C=O) groups excluding carboxylic acids is 1. The minimum atomic E-state index is -0.0275. The molecule has 2 aromatic rings. The Hall–Kier alpha value is -2.49. The molecule has 0 fully saturated rings. The summed E-state index contributed by atoms with van der Waals surface area (Å²) < 4.78 is 10.6. The van der Waals surface area contributed by atoms with E-state index >= 15 is 0 Å². The van der Waals surface area contributed by atoms with Crippen molar-refractivity contribution in [1.29, 1.82) is 0 Å². The molecule has 2 aromatic carbocycles. The molecule has 0 unspecified atom stereocenters. The summed E-state index contributed by atoms with van der Waals surface area (Å²) in [5.41, 5.74) is 4.20. The molecule has 0 bridgehead atoms. The number of nitrogens with one attached hydrogen (secondary N) is 1. The van der Waals surface area contributed by atoms with Crippen LogP contribution in [0.1, 0.15) is 22.3 Å². The standard InChI is InChI=1S/C19H23NO3/c1-13-8-14(2)17(18(9-13)23-4)12-20-19(21)11-15-6-5-7-16(10-15)22-3/h5-10H,11-12H2,1-4H3,(H,20,21). The Morgan fingerprint density at radius 3 is 2.57 bits per heavy atom. The number of hydrogen-bond acceptors (Lipinski definition) is 3. The highest BCUT2D eigenvalue weighted by Crippen LogP contribution is 2.24. The van der Waals surface area contributed by atoms with Crippen molar-refractivity contribution in [3.05, 3.63) is 58.7 Å². The van der Waals surface area contributed by atoms with E-state index in [4.69, 9.17) is 9.47 Å². The van der Waals surface area contributed by atoms with Gasteiger partial charge < -0.3 is 14.8 Å². The van der Waals surface area contributed by atoms with Crippen molar-refractivity contribution in [2.75, 3.05) is 14.2 Å². The maximum absolute atomic E-state index is 12.2. The van der Waals surface area contributed by atoms with E-state index in [1.54, 1.807) is 14.2 Å². The molecule has 0 radical (unpaired) electrons. The summed E-state index contributed by atoms with van der Waals surface area (Å²) in [5.74, 6) is 1.54. The van der Waals surface area contributed by atoms with Gasteiger partial charge in [0, 0.05) is 12.1 Å². The first-order chi connectivity index (χ1) is 11.0. The second-order valence-electron chi connectivity index (χ2n) is 5.57. The zero-order valence-electron chi connectivity index (χ0n) is 14.1. The smallest absolute Gasteiger partial charge is 0.224 e. The molecule has 0 aliphatic heterocycles. The molecule has 1 N–H and O–H groups in total. The van der Waals surface area contributed by atoms with Crippen LogP contribution in [0.15, 0.2) is 36.4 Å². The van der Waals surface area contributed by atoms with Gasteiger partial charge in [-0.3, -0.25) is 4.79 Å². The third-order valence-corrected chi connectivity index (χ3v) is 3.76. The zero-order chi connectivity index (χ0) is 16.8. The Morgan fingerprint density at radius 2 is 1.87 bits per heavy atom. The van der Waals surface area contributed by atoms with E-state index < -0.39 is 0 Å². The minimum absolute atomic E-state index is 0.0275. The zero-order valence-corrected chi connectivity index (χ0v) is 14.1. The molecule has 0 spiro atoms. The summed E-state index contributed by atoms with van der Waals surface area (Å²) in [4.78, 5) is 12.2. The van der Waals surface area contributed by atoms with Crippen molar-refractivity contribution >= 4 is 5.91 Å². The van der Waals surface area contributed by atoms with E-state index in [1.807, 2.05) is 44.2 Å². The molecule has 0 heterocycles. The predicted octanol–water partition coefficient (Wildman–Crippen LogP) is 3.18. The molecule has 0 aliphatic carbocycles. The molecule has 4 nitrogen and oxygen atoms in total. The third kappa shape index (κ3) is 4.49. The van der Waals surface area contributed by atoms with Gasteiger partial charge in [0.25, 0.3) is 0 Å². The van der Waals surface area contributed by atoms with Crippen LogP contribution < -0.4 is 14.8 Å². The van der Waals surface area contributed by atoms with E-state index in [1.165, 1.54) is 0 Å². The average molecular weight is 313 g/mol. The summed E-state index contributed by atoms with van der Waals surface area (Å²) in [6.07, 6.45) is 0.324. The number of amides is 1. The summed E-state index contributed by atoms with van der Waals surface area (Å²) in [6, 6.07) is 11.6. The quantitative estimate of drug-likeness (QED) is 0.891. The van der Waals surface area contributed by atoms with Crippen LogP contribution >= 0.6 is 0 Å². The number of methoxy groups -OCH3 is 2. The van der Waals surface area contributed by atoms with Crippen LogP contribution in [0.4, 0.5) is 0 Å². The van der Waals surface area contributed by atoms with E-state index in [0.717, 1.165) is 33.8 Å². The fourth-order valence-electron chi connectivity index (χ4n) is 2.58. The Labute approximate surface area is 137 Å². The Morgan fingerprint density at radius 1 is 1.09 bits per heavy atom. The Balaban J connectivity index is 2.02. The highest BCUT2D eigenvalue weighted by Gasteiger charge is 2.10. The van der Waals surface area contributed by atoms with Crippen molar-refractivity contribution in [2.45, 2.75) is 26.8 Å². The fraction of sp³-hybridized carbons (Fsp3) is 0.316. The maximum Gasteiger partial charge on any atom is 0.224 e. The highest BCUT2D eigenvalue weighted by atomic mass is 16.5. The molecule has 0 saturated heterocycles. The first-order valence-electron chi connectivity index (χ1n) is 7.57. The molecule has 122 valence electrons. The molecule has 2 rings (SSSR count). The molecule has 1 amide bonds. The molecule has 4 heteroatoms. The van der Waals surface area contributed by atoms with Crippen LogP contribution in [0.5, 0.6) is 11.5 Å². The van der Waals surface area contributed by atoms with Gasteiger partial charge in [-0.05, 0) is 48.7 Å². The van der Waals surface area contributed by atoms with E-state index in [9.17, 15) is 4.79 Å². The number of benzene rings is 2. The van der Waals surface area contributed by atoms with Crippen LogP contribution in [0.25, 0.3) is 0 Å².